The molecule has 1 N–H and O–H groups in total. The second-order valence-corrected chi connectivity index (χ2v) is 4.56. The van der Waals surface area contributed by atoms with E-state index in [0.717, 1.165) is 25.7 Å². The van der Waals surface area contributed by atoms with Crippen LogP contribution in [0.15, 0.2) is 0 Å². The Morgan fingerprint density at radius 1 is 0.938 bits per heavy atom. The summed E-state index contributed by atoms with van der Waals surface area (Å²) in [7, 11) is 0. The highest BCUT2D eigenvalue weighted by Gasteiger charge is 2.19. The van der Waals surface area contributed by atoms with Crippen LogP contribution in [0.25, 0.3) is 0 Å². The van der Waals surface area contributed by atoms with Crippen molar-refractivity contribution in [2.45, 2.75) is 65.8 Å². The van der Waals surface area contributed by atoms with Crippen molar-refractivity contribution in [1.82, 2.24) is 5.32 Å². The second kappa shape index (κ2) is 11.4. The number of rotatable bonds is 11. The Kier molecular flexibility index (Phi) is 11.3. The van der Waals surface area contributed by atoms with Crippen molar-refractivity contribution < 1.29 is 4.74 Å². The summed E-state index contributed by atoms with van der Waals surface area (Å²) >= 11 is 0. The number of hydrogen-bond donors (Lipinski definition) is 1. The molecule has 0 aromatic heterocycles. The molecule has 0 saturated carbocycles. The minimum Gasteiger partial charge on any atom is -0.380 e. The van der Waals surface area contributed by atoms with Gasteiger partial charge in [0.1, 0.15) is 0 Å². The smallest absolute Gasteiger partial charge is 0.0622 e. The molecule has 0 heterocycles. The monoisotopic (exact) mass is 229 g/mol. The van der Waals surface area contributed by atoms with Crippen LogP contribution >= 0.6 is 0 Å². The van der Waals surface area contributed by atoms with E-state index in [2.05, 4.69) is 33.0 Å². The first-order valence-electron chi connectivity index (χ1n) is 7.11. The van der Waals surface area contributed by atoms with Gasteiger partial charge in [0.25, 0.3) is 0 Å². The van der Waals surface area contributed by atoms with Gasteiger partial charge < -0.3 is 10.1 Å². The zero-order chi connectivity index (χ0) is 12.2. The average Bonchev–Trinajstić information content (AvgIpc) is 2.29. The molecule has 0 fully saturated rings. The Bertz CT molecular complexity index is 125. The molecule has 0 radical (unpaired) electrons. The Morgan fingerprint density at radius 2 is 1.56 bits per heavy atom. The lowest BCUT2D eigenvalue weighted by Gasteiger charge is -2.27. The largest absolute Gasteiger partial charge is 0.380 e. The van der Waals surface area contributed by atoms with E-state index in [9.17, 15) is 0 Å². The Morgan fingerprint density at radius 3 is 2.00 bits per heavy atom. The van der Waals surface area contributed by atoms with Crippen LogP contribution in [-0.2, 0) is 4.74 Å². The molecule has 98 valence electrons. The van der Waals surface area contributed by atoms with Crippen LogP contribution in [0.2, 0.25) is 0 Å². The summed E-state index contributed by atoms with van der Waals surface area (Å²) in [6.45, 7) is 11.7. The molecule has 0 aromatic rings. The van der Waals surface area contributed by atoms with Gasteiger partial charge in [0.15, 0.2) is 0 Å². The Hall–Kier alpha value is -0.0800. The fourth-order valence-electron chi connectivity index (χ4n) is 2.22. The first kappa shape index (κ1) is 15.9. The lowest BCUT2D eigenvalue weighted by molar-refractivity contribution is 0.0979. The normalized spacial score (nSPS) is 13.3. The zero-order valence-corrected chi connectivity index (χ0v) is 11.7. The van der Waals surface area contributed by atoms with Gasteiger partial charge in [-0.05, 0) is 38.6 Å². The fourth-order valence-corrected chi connectivity index (χ4v) is 2.22. The van der Waals surface area contributed by atoms with Crippen molar-refractivity contribution in [2.24, 2.45) is 5.92 Å². The first-order valence-corrected chi connectivity index (χ1v) is 7.11. The fraction of sp³-hybridized carbons (Fsp3) is 1.00. The van der Waals surface area contributed by atoms with E-state index in [4.69, 9.17) is 4.74 Å². The van der Waals surface area contributed by atoms with Crippen molar-refractivity contribution in [2.75, 3.05) is 19.8 Å². The molecular weight excluding hydrogens is 198 g/mol. The van der Waals surface area contributed by atoms with E-state index in [0.29, 0.717) is 6.04 Å². The van der Waals surface area contributed by atoms with Gasteiger partial charge in [-0.1, -0.05) is 33.6 Å². The van der Waals surface area contributed by atoms with Crippen LogP contribution in [0, 0.1) is 5.92 Å². The summed E-state index contributed by atoms with van der Waals surface area (Å²) in [6.07, 6.45) is 6.40. The van der Waals surface area contributed by atoms with Gasteiger partial charge in [0, 0.05) is 12.6 Å². The summed E-state index contributed by atoms with van der Waals surface area (Å²) in [5.41, 5.74) is 0. The molecule has 0 amide bonds. The van der Waals surface area contributed by atoms with Gasteiger partial charge in [-0.15, -0.1) is 0 Å². The van der Waals surface area contributed by atoms with Crippen LogP contribution in [0.4, 0.5) is 0 Å². The van der Waals surface area contributed by atoms with Crippen LogP contribution in [0.5, 0.6) is 0 Å². The van der Waals surface area contributed by atoms with Crippen LogP contribution in [-0.4, -0.2) is 25.8 Å². The molecule has 0 rings (SSSR count). The average molecular weight is 229 g/mol. The van der Waals surface area contributed by atoms with Crippen molar-refractivity contribution in [3.8, 4) is 0 Å². The van der Waals surface area contributed by atoms with E-state index in [1.807, 2.05) is 0 Å². The molecule has 2 heteroatoms. The SMILES string of the molecule is CCCNC(COCC)C(CCC)CCC. The first-order chi connectivity index (χ1) is 7.79. The second-order valence-electron chi connectivity index (χ2n) is 4.56. The number of hydrogen-bond acceptors (Lipinski definition) is 2. The van der Waals surface area contributed by atoms with Gasteiger partial charge in [-0.3, -0.25) is 0 Å². The van der Waals surface area contributed by atoms with Gasteiger partial charge in [-0.2, -0.15) is 0 Å². The quantitative estimate of drug-likeness (QED) is 0.584. The molecule has 2 nitrogen and oxygen atoms in total. The highest BCUT2D eigenvalue weighted by atomic mass is 16.5. The van der Waals surface area contributed by atoms with Crippen LogP contribution in [0.1, 0.15) is 59.8 Å². The van der Waals surface area contributed by atoms with Crippen molar-refractivity contribution in [3.63, 3.8) is 0 Å². The molecule has 0 bridgehead atoms. The highest BCUT2D eigenvalue weighted by molar-refractivity contribution is 4.76. The van der Waals surface area contributed by atoms with Gasteiger partial charge in [0.05, 0.1) is 6.61 Å². The molecule has 0 spiro atoms. The van der Waals surface area contributed by atoms with Crippen molar-refractivity contribution in [1.29, 1.82) is 0 Å². The summed E-state index contributed by atoms with van der Waals surface area (Å²) in [6, 6.07) is 0.555. The topological polar surface area (TPSA) is 21.3 Å². The Labute approximate surface area is 102 Å². The summed E-state index contributed by atoms with van der Waals surface area (Å²) in [5, 5.41) is 3.65. The molecular formula is C14H31NO. The standard InChI is InChI=1S/C14H31NO/c1-5-9-13(10-6-2)14(12-16-8-4)15-11-7-3/h13-15H,5-12H2,1-4H3. The molecule has 0 aliphatic rings. The highest BCUT2D eigenvalue weighted by Crippen LogP contribution is 2.18. The van der Waals surface area contributed by atoms with E-state index in [-0.39, 0.29) is 0 Å². The lowest BCUT2D eigenvalue weighted by Crippen LogP contribution is -2.40. The predicted molar refractivity (Wildman–Crippen MR) is 71.9 cm³/mol. The zero-order valence-electron chi connectivity index (χ0n) is 11.7. The maximum absolute atomic E-state index is 5.60. The summed E-state index contributed by atoms with van der Waals surface area (Å²) in [4.78, 5) is 0. The van der Waals surface area contributed by atoms with Crippen molar-refractivity contribution in [3.05, 3.63) is 0 Å². The van der Waals surface area contributed by atoms with E-state index >= 15 is 0 Å². The maximum Gasteiger partial charge on any atom is 0.0622 e. The molecule has 0 aromatic carbocycles. The number of nitrogens with one attached hydrogen (secondary N) is 1. The van der Waals surface area contributed by atoms with Gasteiger partial charge in [0.2, 0.25) is 0 Å². The third-order valence-corrected chi connectivity index (χ3v) is 3.05. The number of ether oxygens (including phenoxy) is 1. The summed E-state index contributed by atoms with van der Waals surface area (Å²) < 4.78 is 5.60. The minimum atomic E-state index is 0.555. The molecule has 1 unspecified atom stereocenters. The molecule has 0 saturated heterocycles. The Balaban J connectivity index is 4.15. The minimum absolute atomic E-state index is 0.555. The molecule has 1 atom stereocenters. The molecule has 0 aliphatic heterocycles. The third-order valence-electron chi connectivity index (χ3n) is 3.05. The van der Waals surface area contributed by atoms with E-state index in [1.54, 1.807) is 0 Å². The van der Waals surface area contributed by atoms with Gasteiger partial charge in [-0.25, -0.2) is 0 Å². The summed E-state index contributed by atoms with van der Waals surface area (Å²) in [5.74, 6) is 0.785. The van der Waals surface area contributed by atoms with E-state index < -0.39 is 0 Å². The van der Waals surface area contributed by atoms with Gasteiger partial charge >= 0.3 is 0 Å². The van der Waals surface area contributed by atoms with E-state index in [1.165, 1.54) is 32.1 Å². The van der Waals surface area contributed by atoms with Crippen LogP contribution < -0.4 is 5.32 Å². The maximum atomic E-state index is 5.60. The molecule has 0 aliphatic carbocycles. The third kappa shape index (κ3) is 7.24. The lowest BCUT2D eigenvalue weighted by atomic mass is 9.90. The van der Waals surface area contributed by atoms with Crippen molar-refractivity contribution >= 4 is 0 Å². The van der Waals surface area contributed by atoms with Crippen LogP contribution in [0.3, 0.4) is 0 Å². The molecule has 16 heavy (non-hydrogen) atoms. The predicted octanol–water partition coefficient (Wildman–Crippen LogP) is 3.61.